The standard InChI is InChI=1S/C22H30BrN4O9P/c1-12(2)34-19(29)13(3)26-37(32,36-14-8-6-5-7-9-14)33-11-16-17(28)22(4,31)20(35-16)27-10-15(23)18(24)25-21(27)30/h5-10,12-13,16-17,20,28,31H,11H2,1-4H3,(H,26,32)(H2,24,25,30)/t13-,16-,17-,20?,22-,37-/m1/s1. The number of para-hydroxylation sites is 1. The number of nitrogen functional groups attached to an aromatic ring is 1. The molecule has 1 aliphatic heterocycles. The van der Waals surface area contributed by atoms with E-state index in [1.54, 1.807) is 32.0 Å². The molecular formula is C22H30BrN4O9P. The average molecular weight is 605 g/mol. The number of aliphatic hydroxyl groups is 2. The number of nitrogens with zero attached hydrogens (tertiary/aromatic N) is 2. The van der Waals surface area contributed by atoms with E-state index in [1.165, 1.54) is 32.2 Å². The molecule has 1 saturated heterocycles. The van der Waals surface area contributed by atoms with E-state index in [2.05, 4.69) is 26.0 Å². The minimum Gasteiger partial charge on any atom is -0.462 e. The zero-order valence-corrected chi connectivity index (χ0v) is 23.1. The number of nitrogens with two attached hydrogens (primary N) is 1. The van der Waals surface area contributed by atoms with Crippen LogP contribution in [0.3, 0.4) is 0 Å². The fourth-order valence-electron chi connectivity index (χ4n) is 3.51. The summed E-state index contributed by atoms with van der Waals surface area (Å²) in [5.41, 5.74) is 2.83. The van der Waals surface area contributed by atoms with Crippen LogP contribution in [0.4, 0.5) is 5.82 Å². The van der Waals surface area contributed by atoms with Crippen LogP contribution in [-0.4, -0.2) is 62.3 Å². The number of carbonyl (C=O) groups is 1. The van der Waals surface area contributed by atoms with Crippen LogP contribution in [0.2, 0.25) is 0 Å². The Kier molecular flexibility index (Phi) is 9.17. The van der Waals surface area contributed by atoms with Gasteiger partial charge in [-0.2, -0.15) is 10.1 Å². The monoisotopic (exact) mass is 604 g/mol. The van der Waals surface area contributed by atoms with Gasteiger partial charge >= 0.3 is 19.4 Å². The van der Waals surface area contributed by atoms with Gasteiger partial charge in [-0.25, -0.2) is 9.36 Å². The van der Waals surface area contributed by atoms with E-state index in [4.69, 9.17) is 24.3 Å². The van der Waals surface area contributed by atoms with Crippen molar-refractivity contribution in [3.8, 4) is 5.75 Å². The molecule has 37 heavy (non-hydrogen) atoms. The van der Waals surface area contributed by atoms with E-state index in [0.29, 0.717) is 0 Å². The third-order valence-corrected chi connectivity index (χ3v) is 7.63. The summed E-state index contributed by atoms with van der Waals surface area (Å²) in [6.45, 7) is 5.48. The van der Waals surface area contributed by atoms with Crippen molar-refractivity contribution in [2.75, 3.05) is 12.3 Å². The number of nitrogens with one attached hydrogen (secondary N) is 1. The van der Waals surface area contributed by atoms with E-state index >= 15 is 0 Å². The first kappa shape index (κ1) is 29.2. The molecule has 0 radical (unpaired) electrons. The summed E-state index contributed by atoms with van der Waals surface area (Å²) in [6.07, 6.45) is -3.34. The molecule has 204 valence electrons. The minimum absolute atomic E-state index is 0.0606. The van der Waals surface area contributed by atoms with Gasteiger partial charge in [0.1, 0.15) is 35.4 Å². The second-order valence-electron chi connectivity index (χ2n) is 8.90. The van der Waals surface area contributed by atoms with E-state index < -0.39 is 62.2 Å². The number of aliphatic hydroxyl groups excluding tert-OH is 1. The molecule has 0 saturated carbocycles. The highest BCUT2D eigenvalue weighted by atomic mass is 79.9. The van der Waals surface area contributed by atoms with Crippen LogP contribution in [0.25, 0.3) is 0 Å². The lowest BCUT2D eigenvalue weighted by Gasteiger charge is -2.27. The molecule has 0 aliphatic carbocycles. The van der Waals surface area contributed by atoms with Gasteiger partial charge < -0.3 is 29.9 Å². The van der Waals surface area contributed by atoms with Gasteiger partial charge in [0, 0.05) is 6.20 Å². The highest BCUT2D eigenvalue weighted by molar-refractivity contribution is 9.10. The first-order valence-electron chi connectivity index (χ1n) is 11.3. The summed E-state index contributed by atoms with van der Waals surface area (Å²) in [4.78, 5) is 28.3. The van der Waals surface area contributed by atoms with Crippen molar-refractivity contribution in [2.24, 2.45) is 0 Å². The highest BCUT2D eigenvalue weighted by Gasteiger charge is 2.54. The third kappa shape index (κ3) is 6.96. The van der Waals surface area contributed by atoms with Crippen molar-refractivity contribution >= 4 is 35.5 Å². The maximum absolute atomic E-state index is 13.6. The lowest BCUT2D eigenvalue weighted by atomic mass is 9.96. The third-order valence-electron chi connectivity index (χ3n) is 5.38. The zero-order chi connectivity index (χ0) is 27.5. The number of rotatable bonds is 10. The van der Waals surface area contributed by atoms with Crippen LogP contribution in [0.5, 0.6) is 5.75 Å². The van der Waals surface area contributed by atoms with Crippen molar-refractivity contribution < 1.29 is 38.1 Å². The molecule has 13 nitrogen and oxygen atoms in total. The predicted molar refractivity (Wildman–Crippen MR) is 136 cm³/mol. The fraction of sp³-hybridized carbons (Fsp3) is 0.500. The number of anilines is 1. The van der Waals surface area contributed by atoms with Gasteiger partial charge in [0.2, 0.25) is 0 Å². The van der Waals surface area contributed by atoms with Gasteiger partial charge in [-0.1, -0.05) is 18.2 Å². The topological polar surface area (TPSA) is 184 Å². The molecular weight excluding hydrogens is 575 g/mol. The summed E-state index contributed by atoms with van der Waals surface area (Å²) < 4.78 is 36.9. The van der Waals surface area contributed by atoms with E-state index in [-0.39, 0.29) is 16.0 Å². The van der Waals surface area contributed by atoms with Crippen LogP contribution < -0.4 is 21.0 Å². The molecule has 5 N–H and O–H groups in total. The van der Waals surface area contributed by atoms with Crippen LogP contribution >= 0.6 is 23.7 Å². The average Bonchev–Trinajstić information content (AvgIpc) is 3.03. The van der Waals surface area contributed by atoms with Crippen LogP contribution in [-0.2, 0) is 23.4 Å². The molecule has 0 bridgehead atoms. The number of benzene rings is 1. The van der Waals surface area contributed by atoms with Crippen molar-refractivity contribution in [3.05, 3.63) is 51.5 Å². The van der Waals surface area contributed by atoms with Crippen LogP contribution in [0.1, 0.15) is 33.9 Å². The highest BCUT2D eigenvalue weighted by Crippen LogP contribution is 2.47. The second kappa shape index (κ2) is 11.6. The second-order valence-corrected chi connectivity index (χ2v) is 11.4. The molecule has 0 spiro atoms. The lowest BCUT2D eigenvalue weighted by Crippen LogP contribution is -2.46. The van der Waals surface area contributed by atoms with Gasteiger partial charge in [-0.05, 0) is 55.8 Å². The molecule has 1 unspecified atom stereocenters. The number of hydrogen-bond donors (Lipinski definition) is 4. The lowest BCUT2D eigenvalue weighted by molar-refractivity contribution is -0.149. The molecule has 3 rings (SSSR count). The van der Waals surface area contributed by atoms with E-state index in [9.17, 15) is 24.4 Å². The smallest absolute Gasteiger partial charge is 0.459 e. The SMILES string of the molecule is CC(C)OC(=O)[C@@H](C)N[P@@](=O)(OC[C@H]1OC(n2cc(Br)c(N)nc2=O)[C@](C)(O)[C@@H]1O)Oc1ccccc1. The molecule has 2 aromatic rings. The number of halogens is 1. The maximum Gasteiger partial charge on any atom is 0.459 e. The molecule has 1 fully saturated rings. The van der Waals surface area contributed by atoms with Crippen LogP contribution in [0, 0.1) is 0 Å². The molecule has 6 atom stereocenters. The van der Waals surface area contributed by atoms with Crippen molar-refractivity contribution in [1.29, 1.82) is 0 Å². The molecule has 1 aliphatic rings. The quantitative estimate of drug-likeness (QED) is 0.228. The molecule has 15 heteroatoms. The molecule has 0 amide bonds. The van der Waals surface area contributed by atoms with Crippen LogP contribution in [0.15, 0.2) is 45.8 Å². The Labute approximate surface area is 221 Å². The number of hydrogen-bond acceptors (Lipinski definition) is 11. The Morgan fingerprint density at radius 1 is 1.35 bits per heavy atom. The first-order chi connectivity index (χ1) is 17.2. The van der Waals surface area contributed by atoms with Gasteiger partial charge in [0.05, 0.1) is 17.2 Å². The number of aromatic nitrogens is 2. The van der Waals surface area contributed by atoms with Gasteiger partial charge in [0.25, 0.3) is 0 Å². The molecule has 2 heterocycles. The summed E-state index contributed by atoms with van der Waals surface area (Å²) in [7, 11) is -4.26. The Morgan fingerprint density at radius 3 is 2.62 bits per heavy atom. The Hall–Kier alpha value is -2.32. The van der Waals surface area contributed by atoms with Crippen molar-refractivity contribution in [1.82, 2.24) is 14.6 Å². The maximum atomic E-state index is 13.6. The summed E-state index contributed by atoms with van der Waals surface area (Å²) >= 11 is 3.16. The molecule has 1 aromatic carbocycles. The minimum atomic E-state index is -4.26. The summed E-state index contributed by atoms with van der Waals surface area (Å²) in [6, 6.07) is 7.02. The van der Waals surface area contributed by atoms with Crippen molar-refractivity contribution in [2.45, 2.75) is 63.9 Å². The van der Waals surface area contributed by atoms with E-state index in [0.717, 1.165) is 4.57 Å². The fourth-order valence-corrected chi connectivity index (χ4v) is 5.32. The van der Waals surface area contributed by atoms with Gasteiger partial charge in [-0.15, -0.1) is 0 Å². The Morgan fingerprint density at radius 2 is 2.00 bits per heavy atom. The molecule has 1 aromatic heterocycles. The first-order valence-corrected chi connectivity index (χ1v) is 13.6. The zero-order valence-electron chi connectivity index (χ0n) is 20.6. The van der Waals surface area contributed by atoms with Crippen molar-refractivity contribution in [3.63, 3.8) is 0 Å². The Balaban J connectivity index is 1.81. The number of ether oxygens (including phenoxy) is 2. The summed E-state index contributed by atoms with van der Waals surface area (Å²) in [5.74, 6) is -0.559. The number of carbonyl (C=O) groups excluding carboxylic acids is 1. The summed E-state index contributed by atoms with van der Waals surface area (Å²) in [5, 5.41) is 24.2. The normalized spacial score (nSPS) is 26.0. The van der Waals surface area contributed by atoms with Gasteiger partial charge in [0.15, 0.2) is 6.23 Å². The van der Waals surface area contributed by atoms with Gasteiger partial charge in [-0.3, -0.25) is 13.9 Å². The predicted octanol–water partition coefficient (Wildman–Crippen LogP) is 1.73. The largest absolute Gasteiger partial charge is 0.462 e. The van der Waals surface area contributed by atoms with E-state index in [1.807, 2.05) is 0 Å². The number of esters is 1. The Bertz CT molecular complexity index is 1210.